The number of thiazole rings is 1. The summed E-state index contributed by atoms with van der Waals surface area (Å²) in [7, 11) is 0. The summed E-state index contributed by atoms with van der Waals surface area (Å²) < 4.78 is 7.62. The summed E-state index contributed by atoms with van der Waals surface area (Å²) in [5.74, 6) is 0.652. The van der Waals surface area contributed by atoms with Gasteiger partial charge in [-0.05, 0) is 12.1 Å². The van der Waals surface area contributed by atoms with E-state index in [4.69, 9.17) is 4.74 Å². The number of para-hydroxylation sites is 1. The molecule has 0 atom stereocenters. The highest BCUT2D eigenvalue weighted by molar-refractivity contribution is 7.12. The van der Waals surface area contributed by atoms with Crippen molar-refractivity contribution >= 4 is 22.2 Å². The lowest BCUT2D eigenvalue weighted by atomic mass is 10.1. The van der Waals surface area contributed by atoms with Crippen LogP contribution in [0, 0.1) is 0 Å². The van der Waals surface area contributed by atoms with Crippen LogP contribution < -0.4 is 10.2 Å². The topological polar surface area (TPSA) is 44.1 Å². The Balaban J connectivity index is 2.23. The number of nitrogens with zero attached hydrogens (tertiary/aromatic N) is 2. The van der Waals surface area contributed by atoms with Crippen molar-refractivity contribution in [3.63, 3.8) is 0 Å². The van der Waals surface area contributed by atoms with Gasteiger partial charge in [0, 0.05) is 23.4 Å². The normalized spacial score (nSPS) is 13.5. The van der Waals surface area contributed by atoms with Crippen LogP contribution in [0.3, 0.4) is 0 Å². The first-order chi connectivity index (χ1) is 9.36. The first-order valence-electron chi connectivity index (χ1n) is 6.05. The SMILES string of the molecule is O=c1c2c(n(-c3nccs3)c3ccccc13)OCC2. The number of hydrogen-bond donors (Lipinski definition) is 0. The van der Waals surface area contributed by atoms with Gasteiger partial charge in [-0.15, -0.1) is 11.3 Å². The first kappa shape index (κ1) is 10.8. The molecular formula is C14H10N2O2S. The Labute approximate surface area is 112 Å². The van der Waals surface area contributed by atoms with E-state index in [-0.39, 0.29) is 5.43 Å². The molecule has 0 fully saturated rings. The lowest BCUT2D eigenvalue weighted by Gasteiger charge is -2.12. The minimum absolute atomic E-state index is 0.0795. The predicted octanol–water partition coefficient (Wildman–Crippen LogP) is 2.38. The van der Waals surface area contributed by atoms with E-state index in [1.54, 1.807) is 6.20 Å². The highest BCUT2D eigenvalue weighted by atomic mass is 32.1. The Morgan fingerprint density at radius 2 is 2.21 bits per heavy atom. The second kappa shape index (κ2) is 3.93. The number of pyridine rings is 1. The van der Waals surface area contributed by atoms with E-state index < -0.39 is 0 Å². The zero-order chi connectivity index (χ0) is 12.8. The van der Waals surface area contributed by atoms with Gasteiger partial charge in [-0.3, -0.25) is 9.36 Å². The third-order valence-electron chi connectivity index (χ3n) is 3.33. The molecule has 4 nitrogen and oxygen atoms in total. The fraction of sp³-hybridized carbons (Fsp3) is 0.143. The van der Waals surface area contributed by atoms with Gasteiger partial charge in [0.15, 0.2) is 10.6 Å². The fourth-order valence-electron chi connectivity index (χ4n) is 2.50. The quantitative estimate of drug-likeness (QED) is 0.682. The van der Waals surface area contributed by atoms with Gasteiger partial charge in [-0.1, -0.05) is 12.1 Å². The van der Waals surface area contributed by atoms with Crippen molar-refractivity contribution in [2.24, 2.45) is 0 Å². The van der Waals surface area contributed by atoms with Crippen LogP contribution in [0.4, 0.5) is 0 Å². The molecule has 0 spiro atoms. The first-order valence-corrected chi connectivity index (χ1v) is 6.93. The van der Waals surface area contributed by atoms with Crippen LogP contribution in [-0.4, -0.2) is 16.2 Å². The summed E-state index contributed by atoms with van der Waals surface area (Å²) in [6.45, 7) is 0.562. The third kappa shape index (κ3) is 1.45. The maximum Gasteiger partial charge on any atom is 0.207 e. The molecule has 94 valence electrons. The predicted molar refractivity (Wildman–Crippen MR) is 74.4 cm³/mol. The third-order valence-corrected chi connectivity index (χ3v) is 4.08. The Hall–Kier alpha value is -2.14. The maximum atomic E-state index is 12.4. The second-order valence-corrected chi connectivity index (χ2v) is 5.25. The number of hydrogen-bond acceptors (Lipinski definition) is 4. The smallest absolute Gasteiger partial charge is 0.207 e. The number of ether oxygens (including phenoxy) is 1. The summed E-state index contributed by atoms with van der Waals surface area (Å²) in [5.41, 5.74) is 1.69. The molecule has 0 unspecified atom stereocenters. The van der Waals surface area contributed by atoms with Crippen molar-refractivity contribution in [2.45, 2.75) is 6.42 Å². The van der Waals surface area contributed by atoms with Gasteiger partial charge in [0.05, 0.1) is 17.7 Å². The van der Waals surface area contributed by atoms with Crippen LogP contribution in [-0.2, 0) is 6.42 Å². The van der Waals surface area contributed by atoms with Gasteiger partial charge in [0.25, 0.3) is 0 Å². The summed E-state index contributed by atoms with van der Waals surface area (Å²) in [6.07, 6.45) is 2.43. The largest absolute Gasteiger partial charge is 0.478 e. The molecule has 0 N–H and O–H groups in total. The lowest BCUT2D eigenvalue weighted by molar-refractivity contribution is 0.338. The van der Waals surface area contributed by atoms with Crippen molar-refractivity contribution in [1.29, 1.82) is 0 Å². The molecule has 0 bridgehead atoms. The van der Waals surface area contributed by atoms with Crippen LogP contribution in [0.2, 0.25) is 0 Å². The number of fused-ring (bicyclic) bond motifs is 2. The molecule has 1 aliphatic heterocycles. The number of aromatic nitrogens is 2. The highest BCUT2D eigenvalue weighted by Gasteiger charge is 2.24. The van der Waals surface area contributed by atoms with E-state index >= 15 is 0 Å². The Bertz CT molecular complexity index is 821. The van der Waals surface area contributed by atoms with E-state index in [0.717, 1.165) is 21.6 Å². The molecule has 4 rings (SSSR count). The molecule has 0 radical (unpaired) electrons. The summed E-state index contributed by atoms with van der Waals surface area (Å²) in [4.78, 5) is 16.8. The Morgan fingerprint density at radius 3 is 3.05 bits per heavy atom. The van der Waals surface area contributed by atoms with E-state index in [1.165, 1.54) is 11.3 Å². The molecular weight excluding hydrogens is 260 g/mol. The standard InChI is InChI=1S/C14H10N2O2S/c17-12-9-3-1-2-4-11(9)16(14-15-6-8-19-14)13-10(12)5-7-18-13/h1-4,6,8H,5,7H2. The van der Waals surface area contributed by atoms with E-state index in [2.05, 4.69) is 4.98 Å². The molecule has 1 aromatic carbocycles. The molecule has 0 aliphatic carbocycles. The van der Waals surface area contributed by atoms with Gasteiger partial charge in [-0.2, -0.15) is 0 Å². The number of rotatable bonds is 1. The minimum atomic E-state index is 0.0795. The average molecular weight is 270 g/mol. The van der Waals surface area contributed by atoms with E-state index in [0.29, 0.717) is 18.9 Å². The zero-order valence-electron chi connectivity index (χ0n) is 10.00. The molecule has 0 saturated carbocycles. The summed E-state index contributed by atoms with van der Waals surface area (Å²) in [5, 5.41) is 3.47. The average Bonchev–Trinajstić information content (AvgIpc) is 3.10. The van der Waals surface area contributed by atoms with Crippen LogP contribution in [0.25, 0.3) is 16.0 Å². The molecule has 0 amide bonds. The molecule has 3 aromatic rings. The second-order valence-electron chi connectivity index (χ2n) is 4.38. The monoisotopic (exact) mass is 270 g/mol. The molecule has 19 heavy (non-hydrogen) atoms. The van der Waals surface area contributed by atoms with Gasteiger partial charge < -0.3 is 4.74 Å². The van der Waals surface area contributed by atoms with Gasteiger partial charge in [0.2, 0.25) is 5.88 Å². The van der Waals surface area contributed by atoms with E-state index in [9.17, 15) is 4.79 Å². The lowest BCUT2D eigenvalue weighted by Crippen LogP contribution is -2.12. The van der Waals surface area contributed by atoms with Crippen molar-refractivity contribution in [1.82, 2.24) is 9.55 Å². The highest BCUT2D eigenvalue weighted by Crippen LogP contribution is 2.31. The summed E-state index contributed by atoms with van der Waals surface area (Å²) in [6, 6.07) is 7.60. The molecule has 0 saturated heterocycles. The van der Waals surface area contributed by atoms with E-state index in [1.807, 2.05) is 34.2 Å². The van der Waals surface area contributed by atoms with Crippen molar-refractivity contribution in [3.8, 4) is 11.0 Å². The Morgan fingerprint density at radius 1 is 1.32 bits per heavy atom. The van der Waals surface area contributed by atoms with Crippen LogP contribution in [0.5, 0.6) is 5.88 Å². The summed E-state index contributed by atoms with van der Waals surface area (Å²) >= 11 is 1.53. The molecule has 1 aliphatic rings. The van der Waals surface area contributed by atoms with Crippen LogP contribution in [0.1, 0.15) is 5.56 Å². The fourth-order valence-corrected chi connectivity index (χ4v) is 3.15. The Kier molecular flexibility index (Phi) is 2.22. The van der Waals surface area contributed by atoms with Crippen LogP contribution in [0.15, 0.2) is 40.6 Å². The molecule has 2 aromatic heterocycles. The number of benzene rings is 1. The maximum absolute atomic E-state index is 12.4. The van der Waals surface area contributed by atoms with Gasteiger partial charge in [0.1, 0.15) is 0 Å². The zero-order valence-corrected chi connectivity index (χ0v) is 10.8. The van der Waals surface area contributed by atoms with Crippen molar-refractivity contribution in [3.05, 3.63) is 51.6 Å². The van der Waals surface area contributed by atoms with Crippen LogP contribution >= 0.6 is 11.3 Å². The molecule has 3 heterocycles. The minimum Gasteiger partial charge on any atom is -0.478 e. The van der Waals surface area contributed by atoms with Crippen molar-refractivity contribution < 1.29 is 4.74 Å². The van der Waals surface area contributed by atoms with Gasteiger partial charge in [-0.25, -0.2) is 4.98 Å². The van der Waals surface area contributed by atoms with Gasteiger partial charge >= 0.3 is 0 Å². The van der Waals surface area contributed by atoms with Crippen molar-refractivity contribution in [2.75, 3.05) is 6.61 Å². The molecule has 5 heteroatoms.